The molecule has 0 unspecified atom stereocenters. The number of pyridine rings is 2. The third-order valence-corrected chi connectivity index (χ3v) is 3.68. The van der Waals surface area contributed by atoms with Crippen molar-refractivity contribution in [3.05, 3.63) is 35.7 Å². The van der Waals surface area contributed by atoms with Crippen LogP contribution >= 0.6 is 0 Å². The number of fused-ring (bicyclic) bond motifs is 3. The van der Waals surface area contributed by atoms with E-state index in [1.165, 1.54) is 13.8 Å². The number of rotatable bonds is 1. The molecule has 3 aromatic rings. The summed E-state index contributed by atoms with van der Waals surface area (Å²) >= 11 is 0. The van der Waals surface area contributed by atoms with Crippen LogP contribution < -0.4 is 4.90 Å². The number of imide groups is 1. The van der Waals surface area contributed by atoms with E-state index in [2.05, 4.69) is 9.97 Å². The summed E-state index contributed by atoms with van der Waals surface area (Å²) in [7, 11) is 0. The van der Waals surface area contributed by atoms with E-state index in [1.54, 1.807) is 6.20 Å². The molecule has 0 radical (unpaired) electrons. The molecule has 3 rings (SSSR count). The van der Waals surface area contributed by atoms with E-state index in [-0.39, 0.29) is 11.8 Å². The number of hydrogen-bond donors (Lipinski definition) is 0. The summed E-state index contributed by atoms with van der Waals surface area (Å²) in [6.07, 6.45) is 3.47. The molecular formula is C16H16N4O2. The lowest BCUT2D eigenvalue weighted by atomic mass is 10.2. The molecule has 6 nitrogen and oxygen atoms in total. The lowest BCUT2D eigenvalue weighted by Crippen LogP contribution is -2.33. The minimum absolute atomic E-state index is 0.337. The Morgan fingerprint density at radius 3 is 2.50 bits per heavy atom. The fourth-order valence-electron chi connectivity index (χ4n) is 2.64. The van der Waals surface area contributed by atoms with Gasteiger partial charge in [0.25, 0.3) is 0 Å². The van der Waals surface area contributed by atoms with Crippen LogP contribution in [0.15, 0.2) is 24.5 Å². The highest BCUT2D eigenvalue weighted by molar-refractivity contribution is 6.14. The smallest absolute Gasteiger partial charge is 0.230 e. The van der Waals surface area contributed by atoms with Crippen LogP contribution in [0, 0.1) is 13.8 Å². The predicted octanol–water partition coefficient (Wildman–Crippen LogP) is 2.40. The Labute approximate surface area is 127 Å². The molecule has 112 valence electrons. The van der Waals surface area contributed by atoms with Gasteiger partial charge in [-0.3, -0.25) is 14.0 Å². The normalized spacial score (nSPS) is 11.1. The highest BCUT2D eigenvalue weighted by atomic mass is 16.2. The van der Waals surface area contributed by atoms with E-state index in [1.807, 2.05) is 36.6 Å². The molecule has 0 aliphatic carbocycles. The second kappa shape index (κ2) is 4.91. The minimum atomic E-state index is -0.337. The molecule has 0 aliphatic heterocycles. The zero-order valence-corrected chi connectivity index (χ0v) is 12.9. The summed E-state index contributed by atoms with van der Waals surface area (Å²) < 4.78 is 1.89. The van der Waals surface area contributed by atoms with Gasteiger partial charge in [0.2, 0.25) is 11.8 Å². The van der Waals surface area contributed by atoms with Crippen LogP contribution in [0.3, 0.4) is 0 Å². The Hall–Kier alpha value is -2.76. The summed E-state index contributed by atoms with van der Waals surface area (Å²) in [5, 5.41) is 0. The summed E-state index contributed by atoms with van der Waals surface area (Å²) in [5.41, 5.74) is 4.54. The van der Waals surface area contributed by atoms with Gasteiger partial charge >= 0.3 is 0 Å². The highest BCUT2D eigenvalue weighted by Crippen LogP contribution is 2.27. The van der Waals surface area contributed by atoms with E-state index < -0.39 is 0 Å². The molecule has 0 N–H and O–H groups in total. The maximum atomic E-state index is 11.7. The number of anilines is 1. The third kappa shape index (κ3) is 2.04. The van der Waals surface area contributed by atoms with Gasteiger partial charge < -0.3 is 0 Å². The van der Waals surface area contributed by atoms with E-state index in [0.717, 1.165) is 21.7 Å². The monoisotopic (exact) mass is 296 g/mol. The summed E-state index contributed by atoms with van der Waals surface area (Å²) in [4.78, 5) is 33.6. The van der Waals surface area contributed by atoms with E-state index in [0.29, 0.717) is 16.9 Å². The van der Waals surface area contributed by atoms with Crippen molar-refractivity contribution >= 4 is 34.3 Å². The van der Waals surface area contributed by atoms with Crippen molar-refractivity contribution in [2.24, 2.45) is 0 Å². The topological polar surface area (TPSA) is 67.6 Å². The van der Waals surface area contributed by atoms with Crippen LogP contribution in [0.4, 0.5) is 5.69 Å². The zero-order chi connectivity index (χ0) is 16.0. The second-order valence-electron chi connectivity index (χ2n) is 5.36. The number of aryl methyl sites for hydroxylation is 2. The molecule has 2 amide bonds. The van der Waals surface area contributed by atoms with Gasteiger partial charge in [-0.05, 0) is 31.5 Å². The highest BCUT2D eigenvalue weighted by Gasteiger charge is 2.21. The van der Waals surface area contributed by atoms with Crippen LogP contribution in [-0.4, -0.2) is 26.2 Å². The van der Waals surface area contributed by atoms with Gasteiger partial charge in [0.15, 0.2) is 5.65 Å². The van der Waals surface area contributed by atoms with Gasteiger partial charge in [-0.2, -0.15) is 0 Å². The lowest BCUT2D eigenvalue weighted by Gasteiger charge is -2.18. The van der Waals surface area contributed by atoms with Gasteiger partial charge in [0.05, 0.1) is 11.9 Å². The Kier molecular flexibility index (Phi) is 3.16. The summed E-state index contributed by atoms with van der Waals surface area (Å²) in [6, 6.07) is 3.95. The van der Waals surface area contributed by atoms with Gasteiger partial charge in [-0.15, -0.1) is 0 Å². The molecule has 0 spiro atoms. The second-order valence-corrected chi connectivity index (χ2v) is 5.36. The first kappa shape index (κ1) is 14.2. The quantitative estimate of drug-likeness (QED) is 0.691. The molecule has 3 aromatic heterocycles. The first-order valence-electron chi connectivity index (χ1n) is 6.95. The van der Waals surface area contributed by atoms with Crippen molar-refractivity contribution in [1.82, 2.24) is 14.4 Å². The maximum Gasteiger partial charge on any atom is 0.230 e. The molecule has 0 saturated carbocycles. The molecule has 6 heteroatoms. The minimum Gasteiger partial charge on any atom is -0.284 e. The molecule has 0 saturated heterocycles. The third-order valence-electron chi connectivity index (χ3n) is 3.68. The zero-order valence-electron chi connectivity index (χ0n) is 12.9. The molecule has 22 heavy (non-hydrogen) atoms. The number of imidazole rings is 1. The predicted molar refractivity (Wildman–Crippen MR) is 83.8 cm³/mol. The van der Waals surface area contributed by atoms with Crippen LogP contribution in [0.25, 0.3) is 16.8 Å². The fraction of sp³-hybridized carbons (Fsp3) is 0.250. The standard InChI is InChI=1S/C16H16N4O2/c1-9-5-6-19-14(7-9)18-15-10(2)13(8-17-16(15)19)20(11(3)21)12(4)22/h5-8H,1-4H3. The van der Waals surface area contributed by atoms with Gasteiger partial charge in [-0.25, -0.2) is 14.9 Å². The Morgan fingerprint density at radius 1 is 1.18 bits per heavy atom. The number of carbonyl (C=O) groups excluding carboxylic acids is 2. The fourth-order valence-corrected chi connectivity index (χ4v) is 2.64. The molecular weight excluding hydrogens is 280 g/mol. The molecule has 0 bridgehead atoms. The van der Waals surface area contributed by atoms with Gasteiger partial charge in [0, 0.05) is 25.6 Å². The van der Waals surface area contributed by atoms with Crippen molar-refractivity contribution in [2.75, 3.05) is 4.90 Å². The van der Waals surface area contributed by atoms with Crippen LogP contribution in [0.2, 0.25) is 0 Å². The van der Waals surface area contributed by atoms with Crippen LogP contribution in [-0.2, 0) is 9.59 Å². The molecule has 0 aromatic carbocycles. The Bertz CT molecular complexity index is 913. The van der Waals surface area contributed by atoms with E-state index in [9.17, 15) is 9.59 Å². The molecule has 0 aliphatic rings. The Balaban J connectivity index is 2.32. The number of nitrogens with zero attached hydrogens (tertiary/aromatic N) is 4. The van der Waals surface area contributed by atoms with Gasteiger partial charge in [-0.1, -0.05) is 0 Å². The Morgan fingerprint density at radius 2 is 1.86 bits per heavy atom. The summed E-state index contributed by atoms with van der Waals surface area (Å²) in [5.74, 6) is -0.673. The van der Waals surface area contributed by atoms with E-state index >= 15 is 0 Å². The van der Waals surface area contributed by atoms with Crippen molar-refractivity contribution < 1.29 is 9.59 Å². The van der Waals surface area contributed by atoms with Crippen molar-refractivity contribution in [1.29, 1.82) is 0 Å². The lowest BCUT2D eigenvalue weighted by molar-refractivity contribution is -0.124. The van der Waals surface area contributed by atoms with E-state index in [4.69, 9.17) is 0 Å². The van der Waals surface area contributed by atoms with Crippen molar-refractivity contribution in [3.63, 3.8) is 0 Å². The molecule has 0 atom stereocenters. The first-order chi connectivity index (χ1) is 10.4. The average Bonchev–Trinajstić information content (AvgIpc) is 2.79. The number of aromatic nitrogens is 3. The first-order valence-corrected chi connectivity index (χ1v) is 6.95. The van der Waals surface area contributed by atoms with Gasteiger partial charge in [0.1, 0.15) is 11.2 Å². The maximum absolute atomic E-state index is 11.7. The van der Waals surface area contributed by atoms with Crippen LogP contribution in [0.5, 0.6) is 0 Å². The SMILES string of the molecule is CC(=O)N(C(C)=O)c1cnc2c(nc3cc(C)ccn32)c1C. The molecule has 0 fully saturated rings. The summed E-state index contributed by atoms with van der Waals surface area (Å²) in [6.45, 7) is 6.56. The largest absolute Gasteiger partial charge is 0.284 e. The van der Waals surface area contributed by atoms with Crippen LogP contribution in [0.1, 0.15) is 25.0 Å². The molecule has 3 heterocycles. The van der Waals surface area contributed by atoms with Crippen molar-refractivity contribution in [3.8, 4) is 0 Å². The van der Waals surface area contributed by atoms with Crippen molar-refractivity contribution in [2.45, 2.75) is 27.7 Å². The number of carbonyl (C=O) groups is 2. The number of amides is 2. The number of hydrogen-bond acceptors (Lipinski definition) is 4. The average molecular weight is 296 g/mol.